The fourth-order valence-corrected chi connectivity index (χ4v) is 1.80. The molecule has 5 heteroatoms. The van der Waals surface area contributed by atoms with Gasteiger partial charge in [-0.15, -0.1) is 11.8 Å². The van der Waals surface area contributed by atoms with Crippen LogP contribution in [-0.4, -0.2) is 11.7 Å². The summed E-state index contributed by atoms with van der Waals surface area (Å²) in [6.45, 7) is 0. The second kappa shape index (κ2) is 5.11. The van der Waals surface area contributed by atoms with Gasteiger partial charge in [-0.05, 0) is 12.1 Å². The van der Waals surface area contributed by atoms with E-state index >= 15 is 0 Å². The molecule has 13 heavy (non-hydrogen) atoms. The van der Waals surface area contributed by atoms with Crippen molar-refractivity contribution >= 4 is 29.3 Å². The van der Waals surface area contributed by atoms with Crippen molar-refractivity contribution in [2.24, 2.45) is 5.84 Å². The number of nitrogens with one attached hydrogen (secondary N) is 1. The van der Waals surface area contributed by atoms with E-state index in [1.165, 1.54) is 11.8 Å². The Morgan fingerprint density at radius 1 is 1.54 bits per heavy atom. The van der Waals surface area contributed by atoms with Crippen LogP contribution in [0.2, 0.25) is 5.02 Å². The molecule has 0 aliphatic carbocycles. The summed E-state index contributed by atoms with van der Waals surface area (Å²) in [4.78, 5) is 11.7. The first kappa shape index (κ1) is 10.4. The molecule has 0 aromatic heterocycles. The first-order chi connectivity index (χ1) is 6.24. The summed E-state index contributed by atoms with van der Waals surface area (Å²) in [5, 5.41) is 0.650. The number of amides is 1. The number of nitrogens with two attached hydrogens (primary N) is 1. The Morgan fingerprint density at radius 3 is 2.85 bits per heavy atom. The Labute approximate surface area is 85.6 Å². The van der Waals surface area contributed by atoms with Crippen LogP contribution < -0.4 is 11.3 Å². The largest absolute Gasteiger partial charge is 0.294 e. The fraction of sp³-hybridized carbons (Fsp3) is 0.125. The number of thioether (sulfide) groups is 1. The molecule has 0 radical (unpaired) electrons. The number of halogens is 1. The molecule has 1 aromatic rings. The van der Waals surface area contributed by atoms with Gasteiger partial charge in [0.1, 0.15) is 0 Å². The zero-order chi connectivity index (χ0) is 9.68. The molecule has 0 aliphatic rings. The van der Waals surface area contributed by atoms with Gasteiger partial charge in [0, 0.05) is 4.90 Å². The number of benzene rings is 1. The molecule has 0 aliphatic heterocycles. The van der Waals surface area contributed by atoms with Crippen LogP contribution in [0.3, 0.4) is 0 Å². The van der Waals surface area contributed by atoms with Crippen LogP contribution >= 0.6 is 23.4 Å². The molecule has 1 aromatic carbocycles. The Kier molecular flexibility index (Phi) is 4.08. The predicted molar refractivity (Wildman–Crippen MR) is 54.5 cm³/mol. The Morgan fingerprint density at radius 2 is 2.23 bits per heavy atom. The molecule has 70 valence electrons. The fourth-order valence-electron chi connectivity index (χ4n) is 0.747. The first-order valence-electron chi connectivity index (χ1n) is 3.61. The summed E-state index contributed by atoms with van der Waals surface area (Å²) in [6.07, 6.45) is 0. The number of hydrogen-bond acceptors (Lipinski definition) is 3. The summed E-state index contributed by atoms with van der Waals surface area (Å²) in [7, 11) is 0. The van der Waals surface area contributed by atoms with E-state index in [1.807, 2.05) is 18.2 Å². The van der Waals surface area contributed by atoms with Crippen LogP contribution in [0, 0.1) is 0 Å². The molecule has 0 heterocycles. The average molecular weight is 217 g/mol. The highest BCUT2D eigenvalue weighted by Gasteiger charge is 2.02. The van der Waals surface area contributed by atoms with Gasteiger partial charge in [0.05, 0.1) is 10.8 Å². The van der Waals surface area contributed by atoms with Gasteiger partial charge >= 0.3 is 0 Å². The van der Waals surface area contributed by atoms with E-state index in [4.69, 9.17) is 17.4 Å². The number of hydrazine groups is 1. The van der Waals surface area contributed by atoms with E-state index in [9.17, 15) is 4.79 Å². The van der Waals surface area contributed by atoms with Gasteiger partial charge in [0.2, 0.25) is 5.91 Å². The van der Waals surface area contributed by atoms with Gasteiger partial charge in [-0.3, -0.25) is 10.2 Å². The smallest absolute Gasteiger partial charge is 0.244 e. The molecular weight excluding hydrogens is 208 g/mol. The van der Waals surface area contributed by atoms with Crippen LogP contribution in [0.5, 0.6) is 0 Å². The van der Waals surface area contributed by atoms with Gasteiger partial charge in [-0.2, -0.15) is 0 Å². The first-order valence-corrected chi connectivity index (χ1v) is 4.97. The number of hydrogen-bond donors (Lipinski definition) is 2. The van der Waals surface area contributed by atoms with Crippen LogP contribution in [0.25, 0.3) is 0 Å². The highest BCUT2D eigenvalue weighted by molar-refractivity contribution is 8.00. The average Bonchev–Trinajstić information content (AvgIpc) is 2.16. The van der Waals surface area contributed by atoms with Gasteiger partial charge in [0.25, 0.3) is 0 Å². The number of rotatable bonds is 3. The minimum absolute atomic E-state index is 0.218. The number of carbonyl (C=O) groups excluding carboxylic acids is 1. The van der Waals surface area contributed by atoms with Crippen molar-refractivity contribution in [3.8, 4) is 0 Å². The molecular formula is C8H9ClN2OS. The van der Waals surface area contributed by atoms with Crippen molar-refractivity contribution in [1.82, 2.24) is 5.43 Å². The van der Waals surface area contributed by atoms with Crippen molar-refractivity contribution in [2.75, 3.05) is 5.75 Å². The molecule has 3 nitrogen and oxygen atoms in total. The van der Waals surface area contributed by atoms with Crippen molar-refractivity contribution in [3.63, 3.8) is 0 Å². The highest BCUT2D eigenvalue weighted by atomic mass is 35.5. The van der Waals surface area contributed by atoms with Crippen LogP contribution in [0.15, 0.2) is 29.2 Å². The molecule has 0 atom stereocenters. The minimum atomic E-state index is -0.218. The van der Waals surface area contributed by atoms with Crippen LogP contribution in [0.4, 0.5) is 0 Å². The lowest BCUT2D eigenvalue weighted by molar-refractivity contribution is -0.118. The third-order valence-electron chi connectivity index (χ3n) is 1.36. The summed E-state index contributed by atoms with van der Waals surface area (Å²) >= 11 is 7.22. The maximum absolute atomic E-state index is 10.8. The van der Waals surface area contributed by atoms with E-state index in [2.05, 4.69) is 5.43 Å². The van der Waals surface area contributed by atoms with Gasteiger partial charge in [0.15, 0.2) is 0 Å². The molecule has 0 bridgehead atoms. The van der Waals surface area contributed by atoms with E-state index in [-0.39, 0.29) is 11.7 Å². The molecule has 0 spiro atoms. The molecule has 1 amide bonds. The topological polar surface area (TPSA) is 55.1 Å². The SMILES string of the molecule is NNC(=O)CSc1ccccc1Cl. The van der Waals surface area contributed by atoms with Gasteiger partial charge in [-0.1, -0.05) is 23.7 Å². The van der Waals surface area contributed by atoms with Crippen molar-refractivity contribution in [2.45, 2.75) is 4.90 Å². The van der Waals surface area contributed by atoms with E-state index < -0.39 is 0 Å². The van der Waals surface area contributed by atoms with Gasteiger partial charge in [-0.25, -0.2) is 5.84 Å². The molecule has 3 N–H and O–H groups in total. The standard InChI is InChI=1S/C8H9ClN2OS/c9-6-3-1-2-4-7(6)13-5-8(12)11-10/h1-4H,5,10H2,(H,11,12). The molecule has 0 fully saturated rings. The molecule has 1 rings (SSSR count). The second-order valence-electron chi connectivity index (χ2n) is 2.29. The Balaban J connectivity index is 2.54. The molecule has 0 unspecified atom stereocenters. The number of carbonyl (C=O) groups is 1. The minimum Gasteiger partial charge on any atom is -0.294 e. The third kappa shape index (κ3) is 3.26. The zero-order valence-corrected chi connectivity index (χ0v) is 8.36. The normalized spacial score (nSPS) is 9.69. The third-order valence-corrected chi connectivity index (χ3v) is 2.87. The lowest BCUT2D eigenvalue weighted by Crippen LogP contribution is -2.31. The van der Waals surface area contributed by atoms with Crippen LogP contribution in [0.1, 0.15) is 0 Å². The van der Waals surface area contributed by atoms with Crippen LogP contribution in [-0.2, 0) is 4.79 Å². The zero-order valence-electron chi connectivity index (χ0n) is 6.79. The van der Waals surface area contributed by atoms with Crippen molar-refractivity contribution in [3.05, 3.63) is 29.3 Å². The van der Waals surface area contributed by atoms with Crippen molar-refractivity contribution in [1.29, 1.82) is 0 Å². The maximum Gasteiger partial charge on any atom is 0.244 e. The maximum atomic E-state index is 10.8. The summed E-state index contributed by atoms with van der Waals surface area (Å²) in [5.41, 5.74) is 2.05. The summed E-state index contributed by atoms with van der Waals surface area (Å²) in [6, 6.07) is 7.35. The summed E-state index contributed by atoms with van der Waals surface area (Å²) in [5.74, 6) is 4.99. The monoisotopic (exact) mass is 216 g/mol. The lowest BCUT2D eigenvalue weighted by Gasteiger charge is -2.01. The Bertz CT molecular complexity index is 306. The Hall–Kier alpha value is -0.710. The highest BCUT2D eigenvalue weighted by Crippen LogP contribution is 2.25. The van der Waals surface area contributed by atoms with E-state index in [0.29, 0.717) is 5.02 Å². The van der Waals surface area contributed by atoms with Crippen molar-refractivity contribution < 1.29 is 4.79 Å². The lowest BCUT2D eigenvalue weighted by atomic mass is 10.4. The quantitative estimate of drug-likeness (QED) is 0.348. The second-order valence-corrected chi connectivity index (χ2v) is 3.71. The van der Waals surface area contributed by atoms with E-state index in [1.54, 1.807) is 6.07 Å². The molecule has 0 saturated carbocycles. The molecule has 0 saturated heterocycles. The predicted octanol–water partition coefficient (Wildman–Crippen LogP) is 1.42. The van der Waals surface area contributed by atoms with Gasteiger partial charge < -0.3 is 0 Å². The van der Waals surface area contributed by atoms with E-state index in [0.717, 1.165) is 4.90 Å². The summed E-state index contributed by atoms with van der Waals surface area (Å²) < 4.78 is 0.